The van der Waals surface area contributed by atoms with Crippen molar-refractivity contribution in [2.45, 2.75) is 45.4 Å². The molecule has 0 amide bonds. The normalized spacial score (nSPS) is 58.4. The highest BCUT2D eigenvalue weighted by Crippen LogP contribution is 2.48. The summed E-state index contributed by atoms with van der Waals surface area (Å²) in [4.78, 5) is 0. The summed E-state index contributed by atoms with van der Waals surface area (Å²) in [5.74, 6) is 2.43. The van der Waals surface area contributed by atoms with Crippen molar-refractivity contribution in [2.24, 2.45) is 23.7 Å². The minimum Gasteiger partial charge on any atom is -0.366 e. The van der Waals surface area contributed by atoms with Gasteiger partial charge in [-0.25, -0.2) is 0 Å². The summed E-state index contributed by atoms with van der Waals surface area (Å²) < 4.78 is 5.17. The van der Waals surface area contributed by atoms with Crippen molar-refractivity contribution in [3.63, 3.8) is 0 Å². The fraction of sp³-hybridized carbons (Fsp3) is 1.00. The summed E-state index contributed by atoms with van der Waals surface area (Å²) in [5, 5.41) is 9.28. The Labute approximate surface area is 87.4 Å². The molecule has 3 heteroatoms. The Morgan fingerprint density at radius 3 is 2.29 bits per heavy atom. The van der Waals surface area contributed by atoms with Crippen LogP contribution in [0.4, 0.5) is 0 Å². The molecular weight excluding hydrogens is 175 g/mol. The van der Waals surface area contributed by atoms with Gasteiger partial charge in [0.05, 0.1) is 7.85 Å². The topological polar surface area (TPSA) is 32.8 Å². The average molecular weight is 194 g/mol. The van der Waals surface area contributed by atoms with Crippen molar-refractivity contribution >= 4 is 7.85 Å². The third-order valence-electron chi connectivity index (χ3n) is 4.34. The number of aliphatic hydroxyl groups is 1. The maximum Gasteiger partial charge on any atom is 0.182 e. The SMILES string of the molecule is [B]C1C(C)CC(C2OC2O)C(C)C1C. The third kappa shape index (κ3) is 1.61. The van der Waals surface area contributed by atoms with Crippen molar-refractivity contribution in [1.82, 2.24) is 0 Å². The van der Waals surface area contributed by atoms with Crippen LogP contribution in [-0.4, -0.2) is 25.3 Å². The van der Waals surface area contributed by atoms with Crippen LogP contribution in [0.1, 0.15) is 27.2 Å². The zero-order valence-corrected chi connectivity index (χ0v) is 9.18. The van der Waals surface area contributed by atoms with E-state index in [4.69, 9.17) is 12.6 Å². The highest BCUT2D eigenvalue weighted by Gasteiger charge is 2.49. The van der Waals surface area contributed by atoms with Gasteiger partial charge in [-0.1, -0.05) is 26.6 Å². The van der Waals surface area contributed by atoms with E-state index in [1.807, 2.05) is 0 Å². The number of aliphatic hydroxyl groups excluding tert-OH is 1. The molecule has 0 aromatic rings. The Hall–Kier alpha value is -0.0151. The first-order valence-electron chi connectivity index (χ1n) is 5.61. The molecule has 1 aliphatic heterocycles. The van der Waals surface area contributed by atoms with Crippen LogP contribution in [0.2, 0.25) is 5.82 Å². The molecule has 1 heterocycles. The van der Waals surface area contributed by atoms with Crippen LogP contribution in [0.15, 0.2) is 0 Å². The van der Waals surface area contributed by atoms with Gasteiger partial charge in [-0.15, -0.1) is 0 Å². The molecule has 2 rings (SSSR count). The van der Waals surface area contributed by atoms with Crippen LogP contribution in [0.3, 0.4) is 0 Å². The number of hydrogen-bond donors (Lipinski definition) is 1. The van der Waals surface area contributed by atoms with Gasteiger partial charge in [-0.2, -0.15) is 0 Å². The number of hydrogen-bond acceptors (Lipinski definition) is 2. The lowest BCUT2D eigenvalue weighted by molar-refractivity contribution is 0.112. The van der Waals surface area contributed by atoms with Crippen molar-refractivity contribution in [2.75, 3.05) is 0 Å². The summed E-state index contributed by atoms with van der Waals surface area (Å²) >= 11 is 0. The molecule has 1 saturated heterocycles. The highest BCUT2D eigenvalue weighted by molar-refractivity contribution is 6.12. The predicted molar refractivity (Wildman–Crippen MR) is 56.0 cm³/mol. The van der Waals surface area contributed by atoms with Crippen molar-refractivity contribution in [3.05, 3.63) is 0 Å². The van der Waals surface area contributed by atoms with Gasteiger partial charge < -0.3 is 9.84 Å². The van der Waals surface area contributed by atoms with Crippen molar-refractivity contribution < 1.29 is 9.84 Å². The largest absolute Gasteiger partial charge is 0.366 e. The van der Waals surface area contributed by atoms with Crippen LogP contribution in [0, 0.1) is 23.7 Å². The van der Waals surface area contributed by atoms with Crippen LogP contribution >= 0.6 is 0 Å². The molecule has 2 nitrogen and oxygen atoms in total. The smallest absolute Gasteiger partial charge is 0.182 e. The molecule has 7 unspecified atom stereocenters. The van der Waals surface area contributed by atoms with Gasteiger partial charge in [0.25, 0.3) is 0 Å². The minimum absolute atomic E-state index is 0.0856. The molecule has 1 saturated carbocycles. The molecule has 2 fully saturated rings. The quantitative estimate of drug-likeness (QED) is 0.507. The fourth-order valence-corrected chi connectivity index (χ4v) is 2.92. The molecular formula is C11H19BO2. The van der Waals surface area contributed by atoms with E-state index >= 15 is 0 Å². The average Bonchev–Trinajstić information content (AvgIpc) is 2.85. The zero-order chi connectivity index (χ0) is 10.5. The van der Waals surface area contributed by atoms with Gasteiger partial charge in [0.1, 0.15) is 6.10 Å². The lowest BCUT2D eigenvalue weighted by atomic mass is 9.56. The van der Waals surface area contributed by atoms with Gasteiger partial charge in [0.2, 0.25) is 0 Å². The maximum absolute atomic E-state index is 9.28. The second-order valence-corrected chi connectivity index (χ2v) is 5.16. The van der Waals surface area contributed by atoms with Gasteiger partial charge in [-0.05, 0) is 30.1 Å². The molecule has 78 valence electrons. The third-order valence-corrected chi connectivity index (χ3v) is 4.34. The number of rotatable bonds is 1. The Balaban J connectivity index is 2.04. The number of ether oxygens (including phenoxy) is 1. The lowest BCUT2D eigenvalue weighted by Crippen LogP contribution is -2.36. The Morgan fingerprint density at radius 1 is 1.21 bits per heavy atom. The molecule has 7 atom stereocenters. The first-order valence-corrected chi connectivity index (χ1v) is 5.61. The molecule has 0 bridgehead atoms. The van der Waals surface area contributed by atoms with Gasteiger partial charge in [-0.3, -0.25) is 0 Å². The molecule has 0 aromatic heterocycles. The highest BCUT2D eigenvalue weighted by atomic mass is 16.7. The molecule has 0 aromatic carbocycles. The van der Waals surface area contributed by atoms with Gasteiger partial charge in [0.15, 0.2) is 6.29 Å². The van der Waals surface area contributed by atoms with E-state index in [1.165, 1.54) is 0 Å². The molecule has 2 radical (unpaired) electrons. The molecule has 1 aliphatic carbocycles. The van der Waals surface area contributed by atoms with E-state index in [9.17, 15) is 5.11 Å². The van der Waals surface area contributed by atoms with E-state index in [2.05, 4.69) is 20.8 Å². The fourth-order valence-electron chi connectivity index (χ4n) is 2.92. The van der Waals surface area contributed by atoms with Crippen LogP contribution in [0.5, 0.6) is 0 Å². The Bertz CT molecular complexity index is 221. The predicted octanol–water partition coefficient (Wildman–Crippen LogP) is 1.59. The van der Waals surface area contributed by atoms with E-state index in [0.29, 0.717) is 29.5 Å². The number of epoxide rings is 1. The van der Waals surface area contributed by atoms with Crippen LogP contribution in [0.25, 0.3) is 0 Å². The second-order valence-electron chi connectivity index (χ2n) is 5.16. The lowest BCUT2D eigenvalue weighted by Gasteiger charge is -2.42. The standard InChI is InChI=1S/C11H19BO2/c1-5-4-8(10-11(13)14-10)6(2)7(3)9(5)12/h5-11,13H,4H2,1-3H3. The molecule has 1 N–H and O–H groups in total. The van der Waals surface area contributed by atoms with Crippen LogP contribution in [-0.2, 0) is 4.74 Å². The summed E-state index contributed by atoms with van der Waals surface area (Å²) in [5.41, 5.74) is 0. The summed E-state index contributed by atoms with van der Waals surface area (Å²) in [6.45, 7) is 6.65. The molecule has 14 heavy (non-hydrogen) atoms. The van der Waals surface area contributed by atoms with E-state index < -0.39 is 6.29 Å². The monoisotopic (exact) mass is 194 g/mol. The second kappa shape index (κ2) is 3.53. The summed E-state index contributed by atoms with van der Waals surface area (Å²) in [6.07, 6.45) is 0.674. The maximum atomic E-state index is 9.28. The van der Waals surface area contributed by atoms with Gasteiger partial charge in [0, 0.05) is 0 Å². The first kappa shape index (κ1) is 10.5. The molecule has 0 spiro atoms. The Kier molecular flexibility index (Phi) is 2.65. The Morgan fingerprint density at radius 2 is 1.79 bits per heavy atom. The zero-order valence-electron chi connectivity index (χ0n) is 9.18. The first-order chi connectivity index (χ1) is 6.52. The van der Waals surface area contributed by atoms with E-state index in [-0.39, 0.29) is 6.10 Å². The van der Waals surface area contributed by atoms with E-state index in [0.717, 1.165) is 6.42 Å². The summed E-state index contributed by atoms with van der Waals surface area (Å²) in [6, 6.07) is 0. The summed E-state index contributed by atoms with van der Waals surface area (Å²) in [7, 11) is 6.13. The van der Waals surface area contributed by atoms with Crippen molar-refractivity contribution in [3.8, 4) is 0 Å². The van der Waals surface area contributed by atoms with E-state index in [1.54, 1.807) is 0 Å². The van der Waals surface area contributed by atoms with Gasteiger partial charge >= 0.3 is 0 Å². The molecule has 2 aliphatic rings. The minimum atomic E-state index is -0.504. The van der Waals surface area contributed by atoms with Crippen molar-refractivity contribution in [1.29, 1.82) is 0 Å². The van der Waals surface area contributed by atoms with Crippen LogP contribution < -0.4 is 0 Å².